The Bertz CT molecular complexity index is 539. The average molecular weight is 484 g/mol. The number of aliphatic imine (C=N–C) groups is 1. The lowest BCUT2D eigenvalue weighted by Crippen LogP contribution is -2.39. The third-order valence-electron chi connectivity index (χ3n) is 3.56. The van der Waals surface area contributed by atoms with Gasteiger partial charge in [-0.2, -0.15) is 0 Å². The van der Waals surface area contributed by atoms with E-state index in [2.05, 4.69) is 20.0 Å². The van der Waals surface area contributed by atoms with Crippen LogP contribution in [0.3, 0.4) is 0 Å². The number of esters is 1. The fourth-order valence-electron chi connectivity index (χ4n) is 2.08. The van der Waals surface area contributed by atoms with Crippen LogP contribution in [0.15, 0.2) is 10.4 Å². The second kappa shape index (κ2) is 13.3. The monoisotopic (exact) mass is 484 g/mol. The predicted octanol–water partition coefficient (Wildman–Crippen LogP) is 2.82. The van der Waals surface area contributed by atoms with Gasteiger partial charge in [0.2, 0.25) is 0 Å². The van der Waals surface area contributed by atoms with E-state index in [0.29, 0.717) is 13.0 Å². The number of carbonyl (C=O) groups excluding carboxylic acids is 1. The highest BCUT2D eigenvalue weighted by atomic mass is 127. The Morgan fingerprint density at radius 3 is 2.76 bits per heavy atom. The lowest BCUT2D eigenvalue weighted by atomic mass is 10.2. The van der Waals surface area contributed by atoms with Gasteiger partial charge in [0.25, 0.3) is 0 Å². The zero-order valence-corrected chi connectivity index (χ0v) is 18.7. The molecule has 9 heteroatoms. The van der Waals surface area contributed by atoms with Gasteiger partial charge < -0.3 is 19.7 Å². The summed E-state index contributed by atoms with van der Waals surface area (Å²) in [5.41, 5.74) is 0.995. The summed E-state index contributed by atoms with van der Waals surface area (Å²) in [5.74, 6) is 0.642. The smallest absolute Gasteiger partial charge is 0.305 e. The number of thiazole rings is 1. The molecule has 0 radical (unpaired) electrons. The van der Waals surface area contributed by atoms with Crippen LogP contribution in [0.2, 0.25) is 0 Å². The number of carbonyl (C=O) groups is 1. The molecule has 0 aromatic carbocycles. The molecule has 25 heavy (non-hydrogen) atoms. The van der Waals surface area contributed by atoms with E-state index in [0.717, 1.165) is 36.0 Å². The Kier molecular flexibility index (Phi) is 12.8. The number of guanidine groups is 1. The lowest BCUT2D eigenvalue weighted by molar-refractivity contribution is -0.140. The van der Waals surface area contributed by atoms with Crippen LogP contribution in [0.4, 0.5) is 0 Å². The van der Waals surface area contributed by atoms with Gasteiger partial charge in [-0.25, -0.2) is 4.98 Å². The zero-order chi connectivity index (χ0) is 17.9. The van der Waals surface area contributed by atoms with Gasteiger partial charge in [-0.3, -0.25) is 9.79 Å². The summed E-state index contributed by atoms with van der Waals surface area (Å²) in [6, 6.07) is 0. The Balaban J connectivity index is 0.00000576. The number of rotatable bonds is 9. The molecule has 1 rings (SSSR count). The van der Waals surface area contributed by atoms with Crippen molar-refractivity contribution in [1.82, 2.24) is 15.2 Å². The summed E-state index contributed by atoms with van der Waals surface area (Å²) >= 11 is 1.61. The Morgan fingerprint density at radius 1 is 1.44 bits per heavy atom. The molecule has 0 saturated heterocycles. The number of ether oxygens (including phenoxy) is 2. The van der Waals surface area contributed by atoms with E-state index in [1.165, 1.54) is 7.11 Å². The van der Waals surface area contributed by atoms with E-state index in [1.807, 2.05) is 24.3 Å². The van der Waals surface area contributed by atoms with E-state index in [4.69, 9.17) is 4.74 Å². The molecular weight excluding hydrogens is 455 g/mol. The maximum atomic E-state index is 11.1. The topological polar surface area (TPSA) is 76.0 Å². The highest BCUT2D eigenvalue weighted by Gasteiger charge is 2.12. The molecule has 1 atom stereocenters. The van der Waals surface area contributed by atoms with Gasteiger partial charge in [0.05, 0.1) is 19.3 Å². The van der Waals surface area contributed by atoms with Crippen LogP contribution in [0.25, 0.3) is 0 Å². The van der Waals surface area contributed by atoms with Crippen molar-refractivity contribution in [2.75, 3.05) is 34.9 Å². The molecule has 0 saturated carbocycles. The van der Waals surface area contributed by atoms with E-state index in [1.54, 1.807) is 25.5 Å². The second-order valence-electron chi connectivity index (χ2n) is 5.42. The van der Waals surface area contributed by atoms with Crippen LogP contribution in [-0.4, -0.2) is 56.7 Å². The van der Waals surface area contributed by atoms with Crippen molar-refractivity contribution in [3.05, 3.63) is 16.1 Å². The predicted molar refractivity (Wildman–Crippen MR) is 112 cm³/mol. The number of nitrogens with zero attached hydrogens (tertiary/aromatic N) is 3. The number of aromatic nitrogens is 1. The third-order valence-corrected chi connectivity index (χ3v) is 4.62. The number of halogens is 1. The fourth-order valence-corrected chi connectivity index (χ4v) is 2.92. The minimum atomic E-state index is -0.166. The molecule has 1 unspecified atom stereocenters. The highest BCUT2D eigenvalue weighted by molar-refractivity contribution is 14.0. The Hall–Kier alpha value is -0.940. The largest absolute Gasteiger partial charge is 0.469 e. The molecule has 0 aliphatic rings. The van der Waals surface area contributed by atoms with Crippen LogP contribution in [0.5, 0.6) is 0 Å². The fraction of sp³-hybridized carbons (Fsp3) is 0.688. The van der Waals surface area contributed by atoms with Crippen molar-refractivity contribution < 1.29 is 14.3 Å². The average Bonchev–Trinajstić information content (AvgIpc) is 3.05. The Labute approximate surface area is 171 Å². The molecule has 0 aliphatic heterocycles. The third kappa shape index (κ3) is 8.82. The van der Waals surface area contributed by atoms with E-state index >= 15 is 0 Å². The van der Waals surface area contributed by atoms with E-state index in [-0.39, 0.29) is 36.0 Å². The van der Waals surface area contributed by atoms with Gasteiger partial charge in [-0.1, -0.05) is 0 Å². The van der Waals surface area contributed by atoms with Crippen molar-refractivity contribution in [3.63, 3.8) is 0 Å². The first kappa shape index (κ1) is 24.1. The maximum absolute atomic E-state index is 11.1. The molecule has 0 aliphatic carbocycles. The molecule has 1 N–H and O–H groups in total. The lowest BCUT2D eigenvalue weighted by Gasteiger charge is -2.21. The number of nitrogens with one attached hydrogen (secondary N) is 1. The van der Waals surface area contributed by atoms with Crippen molar-refractivity contribution in [3.8, 4) is 0 Å². The molecule has 7 nitrogen and oxygen atoms in total. The van der Waals surface area contributed by atoms with Gasteiger partial charge >= 0.3 is 5.97 Å². The molecule has 1 aromatic heterocycles. The van der Waals surface area contributed by atoms with Gasteiger partial charge in [0.15, 0.2) is 5.96 Å². The maximum Gasteiger partial charge on any atom is 0.305 e. The standard InChI is InChI=1S/C16H28N4O3S.HI/c1-12(22-4)15-19-13(11-24-15)10-20(3)16(17-2)18-9-7-6-8-14(21)23-5;/h11-12H,6-10H2,1-5H3,(H,17,18);1H. The normalized spacial score (nSPS) is 12.3. The molecule has 144 valence electrons. The summed E-state index contributed by atoms with van der Waals surface area (Å²) < 4.78 is 9.91. The highest BCUT2D eigenvalue weighted by Crippen LogP contribution is 2.20. The molecule has 0 amide bonds. The SMILES string of the molecule is CN=C(NCCCCC(=O)OC)N(C)Cc1csc(C(C)OC)n1.I. The van der Waals surface area contributed by atoms with E-state index < -0.39 is 0 Å². The summed E-state index contributed by atoms with van der Waals surface area (Å²) in [7, 11) is 6.83. The zero-order valence-electron chi connectivity index (χ0n) is 15.6. The number of hydrogen-bond donors (Lipinski definition) is 1. The van der Waals surface area contributed by atoms with Crippen molar-refractivity contribution in [1.29, 1.82) is 0 Å². The van der Waals surface area contributed by atoms with Crippen LogP contribution in [0, 0.1) is 0 Å². The summed E-state index contributed by atoms with van der Waals surface area (Å²) in [6.07, 6.45) is 2.14. The minimum absolute atomic E-state index is 0. The summed E-state index contributed by atoms with van der Waals surface area (Å²) in [4.78, 5) is 22.0. The molecule has 0 spiro atoms. The number of unbranched alkanes of at least 4 members (excludes halogenated alkanes) is 1. The number of methoxy groups -OCH3 is 2. The number of hydrogen-bond acceptors (Lipinski definition) is 6. The van der Waals surface area contributed by atoms with Gasteiger partial charge in [-0.15, -0.1) is 35.3 Å². The van der Waals surface area contributed by atoms with Gasteiger partial charge in [0, 0.05) is 39.6 Å². The summed E-state index contributed by atoms with van der Waals surface area (Å²) in [5, 5.41) is 6.32. The molecular formula is C16H29IN4O3S. The first-order valence-electron chi connectivity index (χ1n) is 7.97. The molecule has 0 fully saturated rings. The van der Waals surface area contributed by atoms with Crippen LogP contribution in [-0.2, 0) is 20.8 Å². The van der Waals surface area contributed by atoms with Crippen molar-refractivity contribution in [2.24, 2.45) is 4.99 Å². The van der Waals surface area contributed by atoms with Crippen LogP contribution in [0.1, 0.15) is 43.0 Å². The van der Waals surface area contributed by atoms with Crippen LogP contribution < -0.4 is 5.32 Å². The Morgan fingerprint density at radius 2 is 2.16 bits per heavy atom. The molecule has 1 heterocycles. The molecule has 0 bridgehead atoms. The first-order chi connectivity index (χ1) is 11.5. The van der Waals surface area contributed by atoms with Gasteiger partial charge in [-0.05, 0) is 19.8 Å². The quantitative estimate of drug-likeness (QED) is 0.191. The minimum Gasteiger partial charge on any atom is -0.469 e. The van der Waals surface area contributed by atoms with Gasteiger partial charge in [0.1, 0.15) is 11.1 Å². The second-order valence-corrected chi connectivity index (χ2v) is 6.31. The first-order valence-corrected chi connectivity index (χ1v) is 8.85. The summed E-state index contributed by atoms with van der Waals surface area (Å²) in [6.45, 7) is 3.42. The molecule has 1 aromatic rings. The van der Waals surface area contributed by atoms with Crippen molar-refractivity contribution >= 4 is 47.2 Å². The van der Waals surface area contributed by atoms with Crippen molar-refractivity contribution in [2.45, 2.75) is 38.8 Å². The van der Waals surface area contributed by atoms with E-state index in [9.17, 15) is 4.79 Å². The van der Waals surface area contributed by atoms with Crippen LogP contribution >= 0.6 is 35.3 Å².